The Labute approximate surface area is 106 Å². The summed E-state index contributed by atoms with van der Waals surface area (Å²) in [6.07, 6.45) is 0. The number of carbonyl (C=O) groups is 1. The van der Waals surface area contributed by atoms with Crippen LogP contribution in [0.4, 0.5) is 5.69 Å². The Morgan fingerprint density at radius 1 is 1.39 bits per heavy atom. The summed E-state index contributed by atoms with van der Waals surface area (Å²) >= 11 is 0. The van der Waals surface area contributed by atoms with E-state index in [0.29, 0.717) is 11.4 Å². The average Bonchev–Trinajstić information content (AvgIpc) is 2.28. The Kier molecular flexibility index (Phi) is 4.55. The number of hydrogen-bond donors (Lipinski definition) is 1. The van der Waals surface area contributed by atoms with E-state index in [4.69, 9.17) is 10.5 Å². The molecule has 0 saturated heterocycles. The van der Waals surface area contributed by atoms with Crippen molar-refractivity contribution in [3.8, 4) is 5.75 Å². The number of nitrogen functional groups attached to an aromatic ring is 1. The maximum absolute atomic E-state index is 11.9. The fourth-order valence-electron chi connectivity index (χ4n) is 1.30. The fourth-order valence-corrected chi connectivity index (χ4v) is 2.40. The van der Waals surface area contributed by atoms with E-state index in [0.717, 1.165) is 0 Å². The zero-order chi connectivity index (χ0) is 13.8. The number of benzene rings is 1. The van der Waals surface area contributed by atoms with Crippen LogP contribution in [-0.2, 0) is 19.4 Å². The van der Waals surface area contributed by atoms with Gasteiger partial charge >= 0.3 is 5.97 Å². The van der Waals surface area contributed by atoms with Crippen LogP contribution in [0, 0.1) is 0 Å². The molecule has 6 nitrogen and oxygen atoms in total. The van der Waals surface area contributed by atoms with E-state index in [1.807, 2.05) is 0 Å². The minimum absolute atomic E-state index is 0.0840. The fraction of sp³-hybridized carbons (Fsp3) is 0.364. The number of hydrogen-bond acceptors (Lipinski definition) is 6. The van der Waals surface area contributed by atoms with Gasteiger partial charge in [0.1, 0.15) is 12.4 Å². The zero-order valence-electron chi connectivity index (χ0n) is 10.2. The molecule has 0 fully saturated rings. The molecule has 0 radical (unpaired) electrons. The van der Waals surface area contributed by atoms with E-state index in [1.165, 1.54) is 32.2 Å². The lowest BCUT2D eigenvalue weighted by molar-refractivity contribution is -0.140. The minimum atomic E-state index is -3.52. The molecule has 0 saturated carbocycles. The topological polar surface area (TPSA) is 95.7 Å². The predicted molar refractivity (Wildman–Crippen MR) is 66.1 cm³/mol. The molecule has 7 heteroatoms. The molecule has 0 aliphatic rings. The van der Waals surface area contributed by atoms with E-state index in [2.05, 4.69) is 4.74 Å². The van der Waals surface area contributed by atoms with Gasteiger partial charge in [0, 0.05) is 13.0 Å². The van der Waals surface area contributed by atoms with Gasteiger partial charge in [-0.1, -0.05) is 0 Å². The second-order valence-corrected chi connectivity index (χ2v) is 5.67. The van der Waals surface area contributed by atoms with E-state index in [9.17, 15) is 13.2 Å². The lowest BCUT2D eigenvalue weighted by Crippen LogP contribution is -2.14. The van der Waals surface area contributed by atoms with Gasteiger partial charge in [-0.15, -0.1) is 0 Å². The molecular weight excluding hydrogens is 258 g/mol. The van der Waals surface area contributed by atoms with Gasteiger partial charge in [0.2, 0.25) is 0 Å². The molecule has 2 N–H and O–H groups in total. The summed E-state index contributed by atoms with van der Waals surface area (Å²) in [5, 5.41) is 0. The van der Waals surface area contributed by atoms with Crippen LogP contribution in [0.1, 0.15) is 6.92 Å². The Morgan fingerprint density at radius 2 is 2.06 bits per heavy atom. The number of nitrogens with two attached hydrogens (primary N) is 1. The Bertz CT molecular complexity index is 538. The summed E-state index contributed by atoms with van der Waals surface area (Å²) < 4.78 is 33.4. The number of ether oxygens (including phenoxy) is 2. The molecule has 0 amide bonds. The first-order chi connectivity index (χ1) is 8.36. The summed E-state index contributed by atoms with van der Waals surface area (Å²) in [4.78, 5) is 10.6. The van der Waals surface area contributed by atoms with Gasteiger partial charge in [-0.2, -0.15) is 0 Å². The molecule has 0 bridgehead atoms. The summed E-state index contributed by atoms with van der Waals surface area (Å²) in [5.74, 6) is -0.497. The molecule has 0 unspecified atom stereocenters. The van der Waals surface area contributed by atoms with E-state index in [-0.39, 0.29) is 17.3 Å². The number of rotatable bonds is 5. The molecule has 1 rings (SSSR count). The van der Waals surface area contributed by atoms with Crippen LogP contribution in [-0.4, -0.2) is 33.9 Å². The van der Waals surface area contributed by atoms with Crippen molar-refractivity contribution in [1.29, 1.82) is 0 Å². The molecule has 1 aromatic rings. The molecule has 1 aromatic carbocycles. The molecule has 0 aliphatic carbocycles. The van der Waals surface area contributed by atoms with Crippen LogP contribution in [0.15, 0.2) is 23.1 Å². The summed E-state index contributed by atoms with van der Waals surface area (Å²) in [7, 11) is -2.11. The highest BCUT2D eigenvalue weighted by atomic mass is 32.2. The van der Waals surface area contributed by atoms with Gasteiger partial charge in [0.05, 0.1) is 23.4 Å². The van der Waals surface area contributed by atoms with Gasteiger partial charge in [0.15, 0.2) is 9.84 Å². The normalized spacial score (nSPS) is 11.0. The van der Waals surface area contributed by atoms with Gasteiger partial charge in [-0.25, -0.2) is 8.42 Å². The first-order valence-electron chi connectivity index (χ1n) is 5.16. The van der Waals surface area contributed by atoms with Crippen molar-refractivity contribution in [2.24, 2.45) is 0 Å². The Morgan fingerprint density at radius 3 is 2.61 bits per heavy atom. The lowest BCUT2D eigenvalue weighted by Gasteiger charge is -2.08. The number of carbonyl (C=O) groups excluding carboxylic acids is 1. The van der Waals surface area contributed by atoms with Crippen molar-refractivity contribution in [3.05, 3.63) is 18.2 Å². The van der Waals surface area contributed by atoms with Crippen molar-refractivity contribution in [3.63, 3.8) is 0 Å². The summed E-state index contributed by atoms with van der Waals surface area (Å²) in [6, 6.07) is 4.19. The predicted octanol–water partition coefficient (Wildman–Crippen LogP) is 0.614. The van der Waals surface area contributed by atoms with Crippen LogP contribution in [0.2, 0.25) is 0 Å². The molecule has 18 heavy (non-hydrogen) atoms. The van der Waals surface area contributed by atoms with Crippen molar-refractivity contribution >= 4 is 21.5 Å². The minimum Gasteiger partial charge on any atom is -0.495 e. The van der Waals surface area contributed by atoms with Crippen LogP contribution >= 0.6 is 0 Å². The molecule has 0 aromatic heterocycles. The van der Waals surface area contributed by atoms with Crippen molar-refractivity contribution in [1.82, 2.24) is 0 Å². The number of methoxy groups -OCH3 is 1. The van der Waals surface area contributed by atoms with Crippen LogP contribution < -0.4 is 10.5 Å². The third kappa shape index (κ3) is 3.63. The van der Waals surface area contributed by atoms with Crippen LogP contribution in [0.25, 0.3) is 0 Å². The lowest BCUT2D eigenvalue weighted by atomic mass is 10.3. The van der Waals surface area contributed by atoms with Gasteiger partial charge in [-0.05, 0) is 12.1 Å². The molecule has 100 valence electrons. The van der Waals surface area contributed by atoms with Gasteiger partial charge in [0.25, 0.3) is 0 Å². The standard InChI is InChI=1S/C11H15NO5S/c1-8(13)17-5-6-18(14,15)9-3-4-10(12)11(7-9)16-2/h3-4,7H,5-6,12H2,1-2H3. The zero-order valence-corrected chi connectivity index (χ0v) is 11.0. The second kappa shape index (κ2) is 5.72. The monoisotopic (exact) mass is 273 g/mol. The third-order valence-electron chi connectivity index (χ3n) is 2.22. The van der Waals surface area contributed by atoms with Crippen molar-refractivity contribution < 1.29 is 22.7 Å². The Hall–Kier alpha value is -1.76. The number of anilines is 1. The first kappa shape index (κ1) is 14.3. The highest BCUT2D eigenvalue weighted by molar-refractivity contribution is 7.91. The summed E-state index contributed by atoms with van der Waals surface area (Å²) in [6.45, 7) is 1.04. The SMILES string of the molecule is COc1cc(S(=O)(=O)CCOC(C)=O)ccc1N. The van der Waals surface area contributed by atoms with Crippen molar-refractivity contribution in [2.75, 3.05) is 25.2 Å². The number of esters is 1. The molecular formula is C11H15NO5S. The molecule has 0 atom stereocenters. The first-order valence-corrected chi connectivity index (χ1v) is 6.81. The van der Waals surface area contributed by atoms with Crippen LogP contribution in [0.5, 0.6) is 5.75 Å². The van der Waals surface area contributed by atoms with E-state index >= 15 is 0 Å². The number of sulfone groups is 1. The highest BCUT2D eigenvalue weighted by Gasteiger charge is 2.16. The highest BCUT2D eigenvalue weighted by Crippen LogP contribution is 2.25. The average molecular weight is 273 g/mol. The van der Waals surface area contributed by atoms with Gasteiger partial charge in [-0.3, -0.25) is 4.79 Å². The maximum atomic E-state index is 11.9. The Balaban J connectivity index is 2.88. The smallest absolute Gasteiger partial charge is 0.302 e. The quantitative estimate of drug-likeness (QED) is 0.624. The molecule has 0 aliphatic heterocycles. The van der Waals surface area contributed by atoms with E-state index in [1.54, 1.807) is 0 Å². The van der Waals surface area contributed by atoms with Crippen molar-refractivity contribution in [2.45, 2.75) is 11.8 Å². The second-order valence-electron chi connectivity index (χ2n) is 3.56. The maximum Gasteiger partial charge on any atom is 0.302 e. The third-order valence-corrected chi connectivity index (χ3v) is 3.90. The van der Waals surface area contributed by atoms with Crippen LogP contribution in [0.3, 0.4) is 0 Å². The molecule has 0 heterocycles. The summed E-state index contributed by atoms with van der Waals surface area (Å²) in [5.41, 5.74) is 5.95. The largest absolute Gasteiger partial charge is 0.495 e. The van der Waals surface area contributed by atoms with Gasteiger partial charge < -0.3 is 15.2 Å². The molecule has 0 spiro atoms. The van der Waals surface area contributed by atoms with E-state index < -0.39 is 15.8 Å².